The van der Waals surface area contributed by atoms with Crippen LogP contribution in [-0.2, 0) is 6.18 Å². The van der Waals surface area contributed by atoms with Crippen molar-refractivity contribution in [3.05, 3.63) is 39.8 Å². The van der Waals surface area contributed by atoms with E-state index < -0.39 is 17.8 Å². The van der Waals surface area contributed by atoms with Crippen LogP contribution in [0.15, 0.2) is 23.6 Å². The van der Waals surface area contributed by atoms with Crippen LogP contribution in [0.5, 0.6) is 0 Å². The molecule has 10 heteroatoms. The highest BCUT2D eigenvalue weighted by molar-refractivity contribution is 7.13. The van der Waals surface area contributed by atoms with Crippen molar-refractivity contribution < 1.29 is 18.0 Å². The van der Waals surface area contributed by atoms with E-state index in [4.69, 9.17) is 0 Å². The second kappa shape index (κ2) is 5.29. The molecule has 0 radical (unpaired) electrons. The van der Waals surface area contributed by atoms with Gasteiger partial charge in [-0.25, -0.2) is 0 Å². The number of rotatable bonds is 2. The van der Waals surface area contributed by atoms with E-state index in [0.29, 0.717) is 10.6 Å². The zero-order chi connectivity index (χ0) is 15.9. The summed E-state index contributed by atoms with van der Waals surface area (Å²) < 4.78 is 43.1. The molecule has 3 aromatic heterocycles. The minimum atomic E-state index is -4.63. The maximum absolute atomic E-state index is 12.9. The number of thiophene rings is 1. The lowest BCUT2D eigenvalue weighted by molar-refractivity contribution is -0.141. The van der Waals surface area contributed by atoms with Gasteiger partial charge in [0.15, 0.2) is 5.69 Å². The number of carbonyl (C=O) groups is 1. The van der Waals surface area contributed by atoms with Crippen molar-refractivity contribution in [2.75, 3.05) is 0 Å². The summed E-state index contributed by atoms with van der Waals surface area (Å²) >= 11 is 2.05. The maximum atomic E-state index is 12.9. The molecule has 0 amide bonds. The van der Waals surface area contributed by atoms with E-state index in [2.05, 4.69) is 14.7 Å². The van der Waals surface area contributed by atoms with Crippen LogP contribution in [-0.4, -0.2) is 25.3 Å². The van der Waals surface area contributed by atoms with E-state index in [9.17, 15) is 18.0 Å². The quantitative estimate of drug-likeness (QED) is 0.714. The smallest absolute Gasteiger partial charge is 0.266 e. The summed E-state index contributed by atoms with van der Waals surface area (Å²) in [5.74, 6) is -0.675. The number of hydrogen-bond donors (Lipinski definition) is 0. The summed E-state index contributed by atoms with van der Waals surface area (Å²) in [4.78, 5) is 13.1. The molecule has 3 rings (SSSR count). The molecule has 0 fully saturated rings. The van der Waals surface area contributed by atoms with Crippen LogP contribution in [0.25, 0.3) is 10.6 Å². The zero-order valence-corrected chi connectivity index (χ0v) is 12.6. The summed E-state index contributed by atoms with van der Waals surface area (Å²) in [6.45, 7) is 1.57. The van der Waals surface area contributed by atoms with Gasteiger partial charge >= 0.3 is 6.18 Å². The van der Waals surface area contributed by atoms with Crippen molar-refractivity contribution in [1.29, 1.82) is 0 Å². The highest BCUT2D eigenvalue weighted by atomic mass is 32.1. The Kier molecular flexibility index (Phi) is 3.57. The molecule has 0 aliphatic heterocycles. The van der Waals surface area contributed by atoms with E-state index in [1.54, 1.807) is 24.4 Å². The van der Waals surface area contributed by atoms with Crippen LogP contribution in [0.1, 0.15) is 21.1 Å². The Morgan fingerprint density at radius 2 is 2.14 bits per heavy atom. The number of hydrogen-bond acceptors (Lipinski definition) is 6. The lowest BCUT2D eigenvalue weighted by Crippen LogP contribution is -2.16. The number of nitrogens with zero attached hydrogens (tertiary/aromatic N) is 4. The molecule has 0 bridgehead atoms. The minimum Gasteiger partial charge on any atom is -0.266 e. The third-order valence-electron chi connectivity index (χ3n) is 2.81. The third kappa shape index (κ3) is 2.55. The molecule has 0 N–H and O–H groups in total. The van der Waals surface area contributed by atoms with Crippen molar-refractivity contribution in [2.24, 2.45) is 0 Å². The van der Waals surface area contributed by atoms with E-state index in [0.717, 1.165) is 22.3 Å². The average molecular weight is 344 g/mol. The second-order valence-corrected chi connectivity index (χ2v) is 6.00. The van der Waals surface area contributed by atoms with E-state index in [1.807, 2.05) is 0 Å². The van der Waals surface area contributed by atoms with Gasteiger partial charge in [-0.15, -0.1) is 16.4 Å². The predicted molar refractivity (Wildman–Crippen MR) is 74.9 cm³/mol. The molecule has 0 saturated heterocycles. The van der Waals surface area contributed by atoms with Gasteiger partial charge < -0.3 is 0 Å². The minimum absolute atomic E-state index is 0.0973. The average Bonchev–Trinajstić information content (AvgIpc) is 3.16. The fraction of sp³-hybridized carbons (Fsp3) is 0.167. The Morgan fingerprint density at radius 3 is 2.68 bits per heavy atom. The van der Waals surface area contributed by atoms with Gasteiger partial charge in [0.2, 0.25) is 0 Å². The van der Waals surface area contributed by atoms with Gasteiger partial charge in [0, 0.05) is 0 Å². The fourth-order valence-corrected chi connectivity index (χ4v) is 3.11. The topological polar surface area (TPSA) is 60.7 Å². The summed E-state index contributed by atoms with van der Waals surface area (Å²) in [7, 11) is 0. The molecule has 0 atom stereocenters. The standard InChI is InChI=1S/C12H7F3N4OS2/c1-6-10(22-18-16-6)11(20)19-7(8-3-2-4-21-8)5-9(17-19)12(13,14)15/h2-5H,1H3. The first-order chi connectivity index (χ1) is 10.4. The van der Waals surface area contributed by atoms with Crippen molar-refractivity contribution in [1.82, 2.24) is 19.4 Å². The first kappa shape index (κ1) is 14.9. The molecule has 0 aliphatic rings. The lowest BCUT2D eigenvalue weighted by atomic mass is 10.3. The van der Waals surface area contributed by atoms with Crippen molar-refractivity contribution in [3.8, 4) is 10.6 Å². The maximum Gasteiger partial charge on any atom is 0.435 e. The highest BCUT2D eigenvalue weighted by Crippen LogP contribution is 2.33. The van der Waals surface area contributed by atoms with Gasteiger partial charge in [0.1, 0.15) is 4.88 Å². The summed E-state index contributed by atoms with van der Waals surface area (Å²) in [5.41, 5.74) is -0.657. The van der Waals surface area contributed by atoms with Crippen LogP contribution in [0, 0.1) is 6.92 Å². The summed E-state index contributed by atoms with van der Waals surface area (Å²) in [5, 5.41) is 8.84. The van der Waals surface area contributed by atoms with Gasteiger partial charge in [-0.2, -0.15) is 23.0 Å². The molecular formula is C12H7F3N4OS2. The summed E-state index contributed by atoms with van der Waals surface area (Å²) in [6, 6.07) is 4.19. The van der Waals surface area contributed by atoms with Crippen molar-refractivity contribution in [3.63, 3.8) is 0 Å². The van der Waals surface area contributed by atoms with Crippen LogP contribution in [0.3, 0.4) is 0 Å². The summed E-state index contributed by atoms with van der Waals surface area (Å²) in [6.07, 6.45) is -4.63. The van der Waals surface area contributed by atoms with Crippen LogP contribution < -0.4 is 0 Å². The number of carbonyl (C=O) groups excluding carboxylic acids is 1. The number of halogens is 3. The second-order valence-electron chi connectivity index (χ2n) is 4.29. The van der Waals surface area contributed by atoms with E-state index >= 15 is 0 Å². The predicted octanol–water partition coefficient (Wildman–Crippen LogP) is 3.48. The first-order valence-corrected chi connectivity index (χ1v) is 7.58. The third-order valence-corrected chi connectivity index (χ3v) is 4.52. The first-order valence-electron chi connectivity index (χ1n) is 5.92. The number of aromatic nitrogens is 4. The van der Waals surface area contributed by atoms with Crippen LogP contribution in [0.2, 0.25) is 0 Å². The zero-order valence-electron chi connectivity index (χ0n) is 11.0. The van der Waals surface area contributed by atoms with Crippen LogP contribution in [0.4, 0.5) is 13.2 Å². The molecule has 0 aromatic carbocycles. The Bertz CT molecular complexity index is 820. The molecule has 5 nitrogen and oxygen atoms in total. The normalized spacial score (nSPS) is 11.8. The highest BCUT2D eigenvalue weighted by Gasteiger charge is 2.36. The Hall–Kier alpha value is -2.07. The Morgan fingerprint density at radius 1 is 1.36 bits per heavy atom. The molecular weight excluding hydrogens is 337 g/mol. The van der Waals surface area contributed by atoms with Crippen molar-refractivity contribution in [2.45, 2.75) is 13.1 Å². The lowest BCUT2D eigenvalue weighted by Gasteiger charge is -2.03. The molecule has 0 spiro atoms. The monoisotopic (exact) mass is 344 g/mol. The van der Waals surface area contributed by atoms with E-state index in [1.165, 1.54) is 11.3 Å². The molecule has 0 saturated carbocycles. The molecule has 3 aromatic rings. The SMILES string of the molecule is Cc1nnsc1C(=O)n1nc(C(F)(F)F)cc1-c1cccs1. The van der Waals surface area contributed by atoms with Crippen LogP contribution >= 0.6 is 22.9 Å². The van der Waals surface area contributed by atoms with Crippen molar-refractivity contribution >= 4 is 28.8 Å². The van der Waals surface area contributed by atoms with Gasteiger partial charge in [0.25, 0.3) is 5.91 Å². The number of aryl methyl sites for hydroxylation is 1. The fourth-order valence-electron chi connectivity index (χ4n) is 1.80. The molecule has 22 heavy (non-hydrogen) atoms. The Labute approximate surface area is 130 Å². The largest absolute Gasteiger partial charge is 0.435 e. The Balaban J connectivity index is 2.16. The van der Waals surface area contributed by atoms with Gasteiger partial charge in [-0.1, -0.05) is 10.6 Å². The number of alkyl halides is 3. The molecule has 3 heterocycles. The van der Waals surface area contributed by atoms with E-state index in [-0.39, 0.29) is 10.6 Å². The molecule has 114 valence electrons. The van der Waals surface area contributed by atoms with Gasteiger partial charge in [-0.05, 0) is 36.0 Å². The van der Waals surface area contributed by atoms with Gasteiger partial charge in [0.05, 0.1) is 16.3 Å². The molecule has 0 unspecified atom stereocenters. The molecule has 0 aliphatic carbocycles. The van der Waals surface area contributed by atoms with Gasteiger partial charge in [-0.3, -0.25) is 4.79 Å².